The van der Waals surface area contributed by atoms with E-state index < -0.39 is 16.3 Å². The van der Waals surface area contributed by atoms with Gasteiger partial charge >= 0.3 is 5.97 Å². The van der Waals surface area contributed by atoms with Gasteiger partial charge in [-0.1, -0.05) is 0 Å². The fourth-order valence-corrected chi connectivity index (χ4v) is 2.60. The van der Waals surface area contributed by atoms with Crippen molar-refractivity contribution in [2.75, 3.05) is 18.0 Å². The second-order valence-corrected chi connectivity index (χ2v) is 5.46. The zero-order chi connectivity index (χ0) is 15.6. The number of aliphatic carboxylic acids is 1. The van der Waals surface area contributed by atoms with Gasteiger partial charge in [0, 0.05) is 24.8 Å². The third-order valence-electron chi connectivity index (χ3n) is 3.88. The van der Waals surface area contributed by atoms with E-state index in [0.29, 0.717) is 31.6 Å². The number of nitriles is 1. The van der Waals surface area contributed by atoms with Crippen molar-refractivity contribution in [1.82, 2.24) is 0 Å². The number of rotatable bonds is 3. The van der Waals surface area contributed by atoms with Crippen molar-refractivity contribution >= 4 is 17.3 Å². The molecule has 1 fully saturated rings. The van der Waals surface area contributed by atoms with Gasteiger partial charge in [0.25, 0.3) is 5.69 Å². The molecule has 1 unspecified atom stereocenters. The van der Waals surface area contributed by atoms with Gasteiger partial charge in [0.05, 0.1) is 10.3 Å². The SMILES string of the molecule is CC1(C(=O)O)CCCN(c2ccc(C#N)c([N+](=O)[O-])c2)C1. The van der Waals surface area contributed by atoms with Crippen LogP contribution in [0.15, 0.2) is 18.2 Å². The Hall–Kier alpha value is -2.62. The van der Waals surface area contributed by atoms with Gasteiger partial charge in [-0.2, -0.15) is 5.26 Å². The van der Waals surface area contributed by atoms with Crippen LogP contribution in [0.25, 0.3) is 0 Å². The smallest absolute Gasteiger partial charge is 0.311 e. The average Bonchev–Trinajstić information content (AvgIpc) is 2.46. The monoisotopic (exact) mass is 289 g/mol. The first-order valence-electron chi connectivity index (χ1n) is 6.54. The number of nitro groups is 1. The summed E-state index contributed by atoms with van der Waals surface area (Å²) in [6, 6.07) is 6.15. The van der Waals surface area contributed by atoms with Crippen LogP contribution in [0.1, 0.15) is 25.3 Å². The van der Waals surface area contributed by atoms with Crippen molar-refractivity contribution in [1.29, 1.82) is 5.26 Å². The number of carboxylic acid groups (broad SMARTS) is 1. The molecule has 7 nitrogen and oxygen atoms in total. The lowest BCUT2D eigenvalue weighted by Gasteiger charge is -2.38. The number of hydrogen-bond acceptors (Lipinski definition) is 5. The topological polar surface area (TPSA) is 107 Å². The first kappa shape index (κ1) is 14.8. The summed E-state index contributed by atoms with van der Waals surface area (Å²) in [5, 5.41) is 29.2. The Balaban J connectivity index is 2.34. The van der Waals surface area contributed by atoms with Crippen LogP contribution >= 0.6 is 0 Å². The molecule has 1 N–H and O–H groups in total. The lowest BCUT2D eigenvalue weighted by atomic mass is 9.82. The molecule has 1 aromatic rings. The van der Waals surface area contributed by atoms with E-state index in [2.05, 4.69) is 0 Å². The number of hydrogen-bond donors (Lipinski definition) is 1. The summed E-state index contributed by atoms with van der Waals surface area (Å²) < 4.78 is 0. The number of anilines is 1. The van der Waals surface area contributed by atoms with E-state index in [9.17, 15) is 20.0 Å². The molecule has 1 heterocycles. The molecule has 2 rings (SSSR count). The molecule has 0 aliphatic carbocycles. The van der Waals surface area contributed by atoms with Crippen LogP contribution in [0, 0.1) is 26.9 Å². The van der Waals surface area contributed by atoms with Crippen molar-refractivity contribution in [2.45, 2.75) is 19.8 Å². The van der Waals surface area contributed by atoms with E-state index in [1.807, 2.05) is 4.90 Å². The Morgan fingerprint density at radius 2 is 2.29 bits per heavy atom. The normalized spacial score (nSPS) is 21.6. The zero-order valence-corrected chi connectivity index (χ0v) is 11.6. The third-order valence-corrected chi connectivity index (χ3v) is 3.88. The molecular formula is C14H15N3O4. The first-order valence-corrected chi connectivity index (χ1v) is 6.54. The van der Waals surface area contributed by atoms with Gasteiger partial charge in [-0.25, -0.2) is 0 Å². The number of nitrogens with zero attached hydrogens (tertiary/aromatic N) is 3. The van der Waals surface area contributed by atoms with Crippen molar-refractivity contribution in [3.8, 4) is 6.07 Å². The lowest BCUT2D eigenvalue weighted by molar-refractivity contribution is -0.385. The molecule has 0 bridgehead atoms. The van der Waals surface area contributed by atoms with Crippen LogP contribution in [-0.2, 0) is 4.79 Å². The standard InChI is InChI=1S/C14H15N3O4/c1-14(13(18)19)5-2-6-16(9-14)11-4-3-10(8-15)12(7-11)17(20)21/h3-4,7H,2,5-6,9H2,1H3,(H,18,19). The molecule has 1 aromatic carbocycles. The van der Waals surface area contributed by atoms with Crippen LogP contribution in [0.5, 0.6) is 0 Å². The highest BCUT2D eigenvalue weighted by Crippen LogP contribution is 2.34. The number of benzene rings is 1. The van der Waals surface area contributed by atoms with Crippen molar-refractivity contribution in [2.24, 2.45) is 5.41 Å². The van der Waals surface area contributed by atoms with E-state index >= 15 is 0 Å². The molecule has 7 heteroatoms. The second-order valence-electron chi connectivity index (χ2n) is 5.46. The molecule has 0 aromatic heterocycles. The van der Waals surface area contributed by atoms with Crippen LogP contribution in [0.4, 0.5) is 11.4 Å². The summed E-state index contributed by atoms with van der Waals surface area (Å²) in [5.41, 5.74) is -0.534. The van der Waals surface area contributed by atoms with Crippen molar-refractivity contribution in [3.63, 3.8) is 0 Å². The highest BCUT2D eigenvalue weighted by molar-refractivity contribution is 5.75. The summed E-state index contributed by atoms with van der Waals surface area (Å²) in [7, 11) is 0. The van der Waals surface area contributed by atoms with E-state index in [1.165, 1.54) is 12.1 Å². The highest BCUT2D eigenvalue weighted by Gasteiger charge is 2.38. The number of carboxylic acids is 1. The Morgan fingerprint density at radius 3 is 2.86 bits per heavy atom. The minimum Gasteiger partial charge on any atom is -0.481 e. The van der Waals surface area contributed by atoms with E-state index in [4.69, 9.17) is 5.26 Å². The Labute approximate surface area is 121 Å². The maximum absolute atomic E-state index is 11.4. The van der Waals surface area contributed by atoms with Gasteiger partial charge in [-0.05, 0) is 31.9 Å². The zero-order valence-electron chi connectivity index (χ0n) is 11.6. The Morgan fingerprint density at radius 1 is 1.57 bits per heavy atom. The van der Waals surface area contributed by atoms with Gasteiger partial charge < -0.3 is 10.0 Å². The maximum Gasteiger partial charge on any atom is 0.311 e. The molecule has 110 valence electrons. The molecular weight excluding hydrogens is 274 g/mol. The number of piperidine rings is 1. The Kier molecular flexibility index (Phi) is 3.80. The molecule has 1 atom stereocenters. The fourth-order valence-electron chi connectivity index (χ4n) is 2.60. The molecule has 1 aliphatic rings. The molecule has 1 saturated heterocycles. The summed E-state index contributed by atoms with van der Waals surface area (Å²) in [6.07, 6.45) is 1.29. The summed E-state index contributed by atoms with van der Waals surface area (Å²) in [4.78, 5) is 23.6. The van der Waals surface area contributed by atoms with Gasteiger partial charge in [0.15, 0.2) is 0 Å². The van der Waals surface area contributed by atoms with Gasteiger partial charge in [0.2, 0.25) is 0 Å². The predicted octanol–water partition coefficient (Wildman–Crippen LogP) is 2.16. The quantitative estimate of drug-likeness (QED) is 0.674. The fraction of sp³-hybridized carbons (Fsp3) is 0.429. The number of nitro benzene ring substituents is 1. The van der Waals surface area contributed by atoms with E-state index in [-0.39, 0.29) is 11.3 Å². The van der Waals surface area contributed by atoms with Crippen molar-refractivity contribution < 1.29 is 14.8 Å². The van der Waals surface area contributed by atoms with Crippen LogP contribution in [-0.4, -0.2) is 29.1 Å². The third kappa shape index (κ3) is 2.79. The minimum absolute atomic E-state index is 0.00163. The first-order chi connectivity index (χ1) is 9.87. The minimum atomic E-state index is -0.865. The van der Waals surface area contributed by atoms with E-state index in [0.717, 1.165) is 0 Å². The van der Waals surface area contributed by atoms with Gasteiger partial charge in [-0.3, -0.25) is 14.9 Å². The largest absolute Gasteiger partial charge is 0.481 e. The molecule has 0 saturated carbocycles. The van der Waals surface area contributed by atoms with E-state index in [1.54, 1.807) is 19.1 Å². The highest BCUT2D eigenvalue weighted by atomic mass is 16.6. The van der Waals surface area contributed by atoms with Crippen LogP contribution < -0.4 is 4.90 Å². The van der Waals surface area contributed by atoms with Crippen LogP contribution in [0.2, 0.25) is 0 Å². The summed E-state index contributed by atoms with van der Waals surface area (Å²) >= 11 is 0. The second kappa shape index (κ2) is 5.40. The molecule has 0 spiro atoms. The Bertz CT molecular complexity index is 638. The maximum atomic E-state index is 11.4. The lowest BCUT2D eigenvalue weighted by Crippen LogP contribution is -2.46. The molecule has 1 aliphatic heterocycles. The van der Waals surface area contributed by atoms with Gasteiger partial charge in [0.1, 0.15) is 11.6 Å². The number of carbonyl (C=O) groups is 1. The summed E-state index contributed by atoms with van der Waals surface area (Å²) in [6.45, 7) is 2.62. The average molecular weight is 289 g/mol. The predicted molar refractivity (Wildman–Crippen MR) is 75.0 cm³/mol. The molecule has 0 radical (unpaired) electrons. The van der Waals surface area contributed by atoms with Gasteiger partial charge in [-0.15, -0.1) is 0 Å². The van der Waals surface area contributed by atoms with Crippen LogP contribution in [0.3, 0.4) is 0 Å². The van der Waals surface area contributed by atoms with Crippen molar-refractivity contribution in [3.05, 3.63) is 33.9 Å². The molecule has 0 amide bonds. The summed E-state index contributed by atoms with van der Waals surface area (Å²) in [5.74, 6) is -0.865. The molecule has 21 heavy (non-hydrogen) atoms.